The highest BCUT2D eigenvalue weighted by Gasteiger charge is 2.07. The minimum atomic E-state index is -0.297. The molecule has 0 aromatic heterocycles. The number of nitrogens with zero attached hydrogens (tertiary/aromatic N) is 1. The first-order valence-electron chi connectivity index (χ1n) is 6.06. The SMILES string of the molecule is COc1cc(/C=N/NC(=O)c2ccccc2)c(Br)cc1O. The molecule has 0 saturated carbocycles. The lowest BCUT2D eigenvalue weighted by Gasteiger charge is -2.06. The Balaban J connectivity index is 2.10. The molecule has 0 atom stereocenters. The first-order valence-corrected chi connectivity index (χ1v) is 6.86. The molecular formula is C15H13BrN2O3. The van der Waals surface area contributed by atoms with Gasteiger partial charge in [-0.2, -0.15) is 5.10 Å². The minimum absolute atomic E-state index is 0.0230. The number of aromatic hydroxyl groups is 1. The number of rotatable bonds is 4. The van der Waals surface area contributed by atoms with Gasteiger partial charge < -0.3 is 9.84 Å². The summed E-state index contributed by atoms with van der Waals surface area (Å²) in [5, 5.41) is 13.5. The number of hydrogen-bond donors (Lipinski definition) is 2. The third-order valence-corrected chi connectivity index (χ3v) is 3.39. The van der Waals surface area contributed by atoms with Gasteiger partial charge in [0, 0.05) is 15.6 Å². The van der Waals surface area contributed by atoms with Crippen LogP contribution in [0.25, 0.3) is 0 Å². The highest BCUT2D eigenvalue weighted by atomic mass is 79.9. The Kier molecular flexibility index (Phi) is 4.94. The third kappa shape index (κ3) is 3.82. The second-order valence-electron chi connectivity index (χ2n) is 4.11. The topological polar surface area (TPSA) is 70.9 Å². The molecule has 0 unspecified atom stereocenters. The van der Waals surface area contributed by atoms with E-state index in [0.29, 0.717) is 21.3 Å². The molecule has 5 nitrogen and oxygen atoms in total. The van der Waals surface area contributed by atoms with E-state index in [1.54, 1.807) is 30.3 Å². The zero-order chi connectivity index (χ0) is 15.2. The van der Waals surface area contributed by atoms with Crippen LogP contribution in [0.1, 0.15) is 15.9 Å². The fourth-order valence-corrected chi connectivity index (χ4v) is 2.07. The van der Waals surface area contributed by atoms with E-state index in [0.717, 1.165) is 0 Å². The van der Waals surface area contributed by atoms with Crippen molar-refractivity contribution in [3.05, 3.63) is 58.1 Å². The van der Waals surface area contributed by atoms with Gasteiger partial charge in [-0.25, -0.2) is 5.43 Å². The maximum absolute atomic E-state index is 11.8. The molecule has 6 heteroatoms. The van der Waals surface area contributed by atoms with Crippen LogP contribution in [0.5, 0.6) is 11.5 Å². The highest BCUT2D eigenvalue weighted by molar-refractivity contribution is 9.10. The van der Waals surface area contributed by atoms with Crippen LogP contribution in [0.2, 0.25) is 0 Å². The van der Waals surface area contributed by atoms with Crippen LogP contribution >= 0.6 is 15.9 Å². The molecule has 1 amide bonds. The molecule has 0 spiro atoms. The van der Waals surface area contributed by atoms with Crippen molar-refractivity contribution in [2.75, 3.05) is 7.11 Å². The van der Waals surface area contributed by atoms with E-state index >= 15 is 0 Å². The third-order valence-electron chi connectivity index (χ3n) is 2.70. The van der Waals surface area contributed by atoms with Crippen LogP contribution in [0.4, 0.5) is 0 Å². The summed E-state index contributed by atoms with van der Waals surface area (Å²) < 4.78 is 5.66. The number of amides is 1. The number of methoxy groups -OCH3 is 1. The van der Waals surface area contributed by atoms with Crippen LogP contribution in [-0.4, -0.2) is 24.3 Å². The summed E-state index contributed by atoms with van der Waals surface area (Å²) in [6, 6.07) is 11.9. The van der Waals surface area contributed by atoms with Gasteiger partial charge in [0.2, 0.25) is 0 Å². The van der Waals surface area contributed by atoms with Gasteiger partial charge in [-0.15, -0.1) is 0 Å². The Labute approximate surface area is 130 Å². The molecule has 0 heterocycles. The second kappa shape index (κ2) is 6.90. The van der Waals surface area contributed by atoms with Gasteiger partial charge in [-0.1, -0.05) is 18.2 Å². The summed E-state index contributed by atoms with van der Waals surface area (Å²) in [4.78, 5) is 11.8. The predicted molar refractivity (Wildman–Crippen MR) is 83.9 cm³/mol. The summed E-state index contributed by atoms with van der Waals surface area (Å²) in [6.45, 7) is 0. The standard InChI is InChI=1S/C15H13BrN2O3/c1-21-14-7-11(12(16)8-13(14)19)9-17-18-15(20)10-5-3-2-4-6-10/h2-9,19H,1H3,(H,18,20)/b17-9+. The lowest BCUT2D eigenvalue weighted by atomic mass is 10.2. The molecule has 21 heavy (non-hydrogen) atoms. The van der Waals surface area contributed by atoms with Gasteiger partial charge >= 0.3 is 0 Å². The van der Waals surface area contributed by atoms with Crippen molar-refractivity contribution in [2.45, 2.75) is 0 Å². The number of benzene rings is 2. The van der Waals surface area contributed by atoms with Crippen LogP contribution in [0, 0.1) is 0 Å². The van der Waals surface area contributed by atoms with Gasteiger partial charge in [0.1, 0.15) is 0 Å². The number of phenolic OH excluding ortho intramolecular Hbond substituents is 1. The summed E-state index contributed by atoms with van der Waals surface area (Å²) in [5.41, 5.74) is 3.62. The van der Waals surface area contributed by atoms with Crippen LogP contribution in [0.15, 0.2) is 52.0 Å². The van der Waals surface area contributed by atoms with E-state index in [-0.39, 0.29) is 11.7 Å². The molecule has 2 rings (SSSR count). The Hall–Kier alpha value is -2.34. The number of phenols is 1. The van der Waals surface area contributed by atoms with E-state index in [1.165, 1.54) is 19.4 Å². The number of nitrogens with one attached hydrogen (secondary N) is 1. The molecule has 0 radical (unpaired) electrons. The van der Waals surface area contributed by atoms with Crippen molar-refractivity contribution >= 4 is 28.1 Å². The normalized spacial score (nSPS) is 10.6. The molecule has 0 bridgehead atoms. The number of halogens is 1. The molecule has 0 aliphatic heterocycles. The van der Waals surface area contributed by atoms with Crippen molar-refractivity contribution < 1.29 is 14.6 Å². The molecule has 0 aliphatic rings. The van der Waals surface area contributed by atoms with Crippen molar-refractivity contribution in [1.29, 1.82) is 0 Å². The number of carbonyl (C=O) groups excluding carboxylic acids is 1. The smallest absolute Gasteiger partial charge is 0.271 e. The molecule has 0 aliphatic carbocycles. The first kappa shape index (κ1) is 15.1. The Morgan fingerprint density at radius 3 is 2.71 bits per heavy atom. The number of carbonyl (C=O) groups is 1. The van der Waals surface area contributed by atoms with Crippen LogP contribution < -0.4 is 10.2 Å². The Bertz CT molecular complexity index is 672. The van der Waals surface area contributed by atoms with Crippen LogP contribution in [-0.2, 0) is 0 Å². The zero-order valence-electron chi connectivity index (χ0n) is 11.2. The average Bonchev–Trinajstić information content (AvgIpc) is 2.50. The van der Waals surface area contributed by atoms with E-state index in [9.17, 15) is 9.90 Å². The number of hydrogen-bond acceptors (Lipinski definition) is 4. The molecule has 2 aromatic rings. The maximum Gasteiger partial charge on any atom is 0.271 e. The summed E-state index contributed by atoms with van der Waals surface area (Å²) in [5.74, 6) is 0.0533. The monoisotopic (exact) mass is 348 g/mol. The molecule has 2 N–H and O–H groups in total. The van der Waals surface area contributed by atoms with Gasteiger partial charge in [-0.3, -0.25) is 4.79 Å². The van der Waals surface area contributed by atoms with Crippen molar-refractivity contribution in [3.63, 3.8) is 0 Å². The van der Waals surface area contributed by atoms with Crippen molar-refractivity contribution in [2.24, 2.45) is 5.10 Å². The molecule has 2 aromatic carbocycles. The zero-order valence-corrected chi connectivity index (χ0v) is 12.8. The lowest BCUT2D eigenvalue weighted by Crippen LogP contribution is -2.17. The van der Waals surface area contributed by atoms with E-state index < -0.39 is 0 Å². The second-order valence-corrected chi connectivity index (χ2v) is 4.97. The molecule has 0 saturated heterocycles. The van der Waals surface area contributed by atoms with E-state index in [1.807, 2.05) is 6.07 Å². The molecule has 0 fully saturated rings. The summed E-state index contributed by atoms with van der Waals surface area (Å²) >= 11 is 3.30. The quantitative estimate of drug-likeness (QED) is 0.659. The Morgan fingerprint density at radius 2 is 2.05 bits per heavy atom. The average molecular weight is 349 g/mol. The number of ether oxygens (including phenoxy) is 1. The fraction of sp³-hybridized carbons (Fsp3) is 0.0667. The van der Waals surface area contributed by atoms with Crippen molar-refractivity contribution in [3.8, 4) is 11.5 Å². The first-order chi connectivity index (χ1) is 10.1. The predicted octanol–water partition coefficient (Wildman–Crippen LogP) is 2.93. The number of hydrazone groups is 1. The fourth-order valence-electron chi connectivity index (χ4n) is 1.64. The van der Waals surface area contributed by atoms with Crippen molar-refractivity contribution in [1.82, 2.24) is 5.43 Å². The summed E-state index contributed by atoms with van der Waals surface area (Å²) in [7, 11) is 1.46. The van der Waals surface area contributed by atoms with Crippen LogP contribution in [0.3, 0.4) is 0 Å². The largest absolute Gasteiger partial charge is 0.504 e. The Morgan fingerprint density at radius 1 is 1.33 bits per heavy atom. The van der Waals surface area contributed by atoms with E-state index in [2.05, 4.69) is 26.5 Å². The minimum Gasteiger partial charge on any atom is -0.504 e. The maximum atomic E-state index is 11.8. The van der Waals surface area contributed by atoms with E-state index in [4.69, 9.17) is 4.74 Å². The lowest BCUT2D eigenvalue weighted by molar-refractivity contribution is 0.0955. The highest BCUT2D eigenvalue weighted by Crippen LogP contribution is 2.31. The van der Waals surface area contributed by atoms with Gasteiger partial charge in [0.05, 0.1) is 13.3 Å². The van der Waals surface area contributed by atoms with Gasteiger partial charge in [0.15, 0.2) is 11.5 Å². The molecular weight excluding hydrogens is 336 g/mol. The summed E-state index contributed by atoms with van der Waals surface area (Å²) in [6.07, 6.45) is 1.47. The van der Waals surface area contributed by atoms with Gasteiger partial charge in [-0.05, 0) is 40.2 Å². The molecule has 108 valence electrons. The van der Waals surface area contributed by atoms with Gasteiger partial charge in [0.25, 0.3) is 5.91 Å².